The third-order valence-corrected chi connectivity index (χ3v) is 6.68. The van der Waals surface area contributed by atoms with Crippen LogP contribution in [0.25, 0.3) is 10.9 Å². The number of fused-ring (bicyclic) bond motifs is 1. The summed E-state index contributed by atoms with van der Waals surface area (Å²) in [6, 6.07) is 25.1. The van der Waals surface area contributed by atoms with Crippen LogP contribution in [0.15, 0.2) is 89.4 Å². The summed E-state index contributed by atoms with van der Waals surface area (Å²) in [7, 11) is 0. The van der Waals surface area contributed by atoms with Crippen LogP contribution in [0.5, 0.6) is 11.5 Å². The van der Waals surface area contributed by atoms with E-state index >= 15 is 0 Å². The lowest BCUT2D eigenvalue weighted by molar-refractivity contribution is 0.102. The standard InChI is InChI=1S/C24H18N4O2S2/c29-22(20-14-25-21-9-5-4-8-19(20)21)15-31-24-28-27-23(32-24)26-16-10-12-18(13-11-16)30-17-6-2-1-3-7-17/h1-14,25H,15H2,(H,26,27). The van der Waals surface area contributed by atoms with Gasteiger partial charge in [0.2, 0.25) is 5.13 Å². The van der Waals surface area contributed by atoms with Gasteiger partial charge in [0.1, 0.15) is 11.5 Å². The number of nitrogens with one attached hydrogen (secondary N) is 2. The molecule has 0 aliphatic heterocycles. The van der Waals surface area contributed by atoms with Gasteiger partial charge in [-0.15, -0.1) is 10.2 Å². The number of benzene rings is 3. The molecule has 0 radical (unpaired) electrons. The van der Waals surface area contributed by atoms with Gasteiger partial charge in [-0.2, -0.15) is 0 Å². The van der Waals surface area contributed by atoms with E-state index in [0.29, 0.717) is 16.4 Å². The molecule has 0 bridgehead atoms. The number of rotatable bonds is 8. The third-order valence-electron chi connectivity index (χ3n) is 4.71. The minimum atomic E-state index is 0.0613. The lowest BCUT2D eigenvalue weighted by Crippen LogP contribution is -2.01. The number of hydrogen-bond acceptors (Lipinski definition) is 7. The Bertz CT molecular complexity index is 1350. The number of ketones is 1. The van der Waals surface area contributed by atoms with Gasteiger partial charge < -0.3 is 15.0 Å². The second kappa shape index (κ2) is 9.25. The number of para-hydroxylation sites is 2. The van der Waals surface area contributed by atoms with Crippen LogP contribution < -0.4 is 10.1 Å². The number of carbonyl (C=O) groups excluding carboxylic acids is 1. The van der Waals surface area contributed by atoms with Crippen molar-refractivity contribution in [3.05, 3.63) is 90.6 Å². The van der Waals surface area contributed by atoms with Gasteiger partial charge in [0, 0.05) is 28.4 Å². The molecule has 5 rings (SSSR count). The van der Waals surface area contributed by atoms with E-state index in [1.165, 1.54) is 23.1 Å². The molecule has 0 fully saturated rings. The second-order valence-electron chi connectivity index (χ2n) is 6.90. The molecule has 0 unspecified atom stereocenters. The fraction of sp³-hybridized carbons (Fsp3) is 0.0417. The molecule has 3 aromatic carbocycles. The highest BCUT2D eigenvalue weighted by molar-refractivity contribution is 8.01. The number of thioether (sulfide) groups is 1. The van der Waals surface area contributed by atoms with Gasteiger partial charge in [-0.25, -0.2) is 0 Å². The molecule has 0 spiro atoms. The lowest BCUT2D eigenvalue weighted by atomic mass is 10.1. The monoisotopic (exact) mass is 458 g/mol. The molecule has 2 N–H and O–H groups in total. The lowest BCUT2D eigenvalue weighted by Gasteiger charge is -2.06. The van der Waals surface area contributed by atoms with E-state index in [2.05, 4.69) is 20.5 Å². The molecule has 6 nitrogen and oxygen atoms in total. The number of Topliss-reactive ketones (excluding diaryl/α,β-unsaturated/α-hetero) is 1. The van der Waals surface area contributed by atoms with Crippen molar-refractivity contribution < 1.29 is 9.53 Å². The van der Waals surface area contributed by atoms with Crippen molar-refractivity contribution in [3.63, 3.8) is 0 Å². The van der Waals surface area contributed by atoms with E-state index in [4.69, 9.17) is 4.74 Å². The summed E-state index contributed by atoms with van der Waals surface area (Å²) in [6.07, 6.45) is 1.77. The molecule has 2 heterocycles. The molecule has 0 atom stereocenters. The molecule has 5 aromatic rings. The smallest absolute Gasteiger partial charge is 0.210 e. The van der Waals surface area contributed by atoms with Crippen molar-refractivity contribution >= 4 is 50.6 Å². The predicted octanol–water partition coefficient (Wildman–Crippen LogP) is 6.53. The summed E-state index contributed by atoms with van der Waals surface area (Å²) in [6.45, 7) is 0. The highest BCUT2D eigenvalue weighted by Gasteiger charge is 2.14. The van der Waals surface area contributed by atoms with E-state index in [1.54, 1.807) is 6.20 Å². The van der Waals surface area contributed by atoms with Crippen LogP contribution in [0.3, 0.4) is 0 Å². The Labute approximate surface area is 192 Å². The summed E-state index contributed by atoms with van der Waals surface area (Å²) in [5, 5.41) is 13.2. The van der Waals surface area contributed by atoms with Crippen molar-refractivity contribution in [1.82, 2.24) is 15.2 Å². The van der Waals surface area contributed by atoms with Gasteiger partial charge in [0.15, 0.2) is 10.1 Å². The molecule has 2 aromatic heterocycles. The minimum Gasteiger partial charge on any atom is -0.457 e. The molecule has 32 heavy (non-hydrogen) atoms. The zero-order chi connectivity index (χ0) is 21.8. The number of hydrogen-bond donors (Lipinski definition) is 2. The van der Waals surface area contributed by atoms with E-state index in [9.17, 15) is 4.79 Å². The Morgan fingerprint density at radius 1 is 0.938 bits per heavy atom. The SMILES string of the molecule is O=C(CSc1nnc(Nc2ccc(Oc3ccccc3)cc2)s1)c1c[nH]c2ccccc12. The first-order valence-electron chi connectivity index (χ1n) is 9.90. The molecular weight excluding hydrogens is 440 g/mol. The topological polar surface area (TPSA) is 79.9 Å². The van der Waals surface area contributed by atoms with Gasteiger partial charge in [-0.3, -0.25) is 4.79 Å². The Hall–Kier alpha value is -3.62. The summed E-state index contributed by atoms with van der Waals surface area (Å²) in [5.41, 5.74) is 2.55. The average Bonchev–Trinajstić information content (AvgIpc) is 3.46. The molecule has 0 amide bonds. The van der Waals surface area contributed by atoms with Crippen LogP contribution in [-0.4, -0.2) is 26.7 Å². The molecule has 0 aliphatic rings. The van der Waals surface area contributed by atoms with E-state index < -0.39 is 0 Å². The number of nitrogens with zero attached hydrogens (tertiary/aromatic N) is 2. The first kappa shape index (κ1) is 20.3. The van der Waals surface area contributed by atoms with Crippen LogP contribution in [0, 0.1) is 0 Å². The van der Waals surface area contributed by atoms with Crippen molar-refractivity contribution in [2.45, 2.75) is 4.34 Å². The quantitative estimate of drug-likeness (QED) is 0.203. The molecule has 0 saturated carbocycles. The van der Waals surface area contributed by atoms with Crippen LogP contribution in [0.4, 0.5) is 10.8 Å². The molecule has 0 saturated heterocycles. The number of carbonyl (C=O) groups is 1. The number of aromatic amines is 1. The first-order valence-corrected chi connectivity index (χ1v) is 11.7. The molecule has 158 valence electrons. The van der Waals surface area contributed by atoms with Crippen molar-refractivity contribution in [1.29, 1.82) is 0 Å². The van der Waals surface area contributed by atoms with Crippen molar-refractivity contribution in [2.24, 2.45) is 0 Å². The maximum absolute atomic E-state index is 12.6. The number of H-pyrrole nitrogens is 1. The average molecular weight is 459 g/mol. The Morgan fingerprint density at radius 2 is 1.69 bits per heavy atom. The van der Waals surface area contributed by atoms with Crippen LogP contribution in [0.1, 0.15) is 10.4 Å². The summed E-state index contributed by atoms with van der Waals surface area (Å²) >= 11 is 2.81. The van der Waals surface area contributed by atoms with Gasteiger partial charge in [0.25, 0.3) is 0 Å². The normalized spacial score (nSPS) is 10.9. The second-order valence-corrected chi connectivity index (χ2v) is 9.10. The minimum absolute atomic E-state index is 0.0613. The summed E-state index contributed by atoms with van der Waals surface area (Å²) < 4.78 is 6.55. The predicted molar refractivity (Wildman–Crippen MR) is 130 cm³/mol. The van der Waals surface area contributed by atoms with E-state index in [1.807, 2.05) is 78.9 Å². The Balaban J connectivity index is 1.17. The fourth-order valence-electron chi connectivity index (χ4n) is 3.18. The summed E-state index contributed by atoms with van der Waals surface area (Å²) in [4.78, 5) is 15.8. The Kier molecular flexibility index (Phi) is 5.87. The van der Waals surface area contributed by atoms with Crippen molar-refractivity contribution in [2.75, 3.05) is 11.1 Å². The van der Waals surface area contributed by atoms with Gasteiger partial charge in [0.05, 0.1) is 5.75 Å². The highest BCUT2D eigenvalue weighted by atomic mass is 32.2. The first-order chi connectivity index (χ1) is 15.7. The zero-order valence-electron chi connectivity index (χ0n) is 16.8. The van der Waals surface area contributed by atoms with Gasteiger partial charge in [-0.1, -0.05) is 59.5 Å². The third kappa shape index (κ3) is 4.66. The zero-order valence-corrected chi connectivity index (χ0v) is 18.5. The number of anilines is 2. The van der Waals surface area contributed by atoms with Crippen LogP contribution in [-0.2, 0) is 0 Å². The number of aromatic nitrogens is 3. The number of ether oxygens (including phenoxy) is 1. The summed E-state index contributed by atoms with van der Waals surface area (Å²) in [5.74, 6) is 1.92. The maximum atomic E-state index is 12.6. The fourth-order valence-corrected chi connectivity index (χ4v) is 4.84. The Morgan fingerprint density at radius 3 is 2.53 bits per heavy atom. The van der Waals surface area contributed by atoms with E-state index in [-0.39, 0.29) is 5.78 Å². The van der Waals surface area contributed by atoms with Gasteiger partial charge >= 0.3 is 0 Å². The van der Waals surface area contributed by atoms with Crippen molar-refractivity contribution in [3.8, 4) is 11.5 Å². The maximum Gasteiger partial charge on any atom is 0.210 e. The molecule has 0 aliphatic carbocycles. The van der Waals surface area contributed by atoms with Gasteiger partial charge in [-0.05, 0) is 42.5 Å². The van der Waals surface area contributed by atoms with Crippen LogP contribution in [0.2, 0.25) is 0 Å². The molecular formula is C24H18N4O2S2. The highest BCUT2D eigenvalue weighted by Crippen LogP contribution is 2.30. The van der Waals surface area contributed by atoms with E-state index in [0.717, 1.165) is 32.4 Å². The van der Waals surface area contributed by atoms with Crippen LogP contribution >= 0.6 is 23.1 Å². The largest absolute Gasteiger partial charge is 0.457 e. The molecule has 8 heteroatoms.